The molecule has 24 heavy (non-hydrogen) atoms. The third kappa shape index (κ3) is 3.71. The Kier molecular flexibility index (Phi) is 4.78. The Morgan fingerprint density at radius 1 is 1.42 bits per heavy atom. The molecular formula is C17H16ClNO4S. The minimum Gasteiger partial charge on any atom is -0.480 e. The van der Waals surface area contributed by atoms with E-state index in [1.165, 1.54) is 10.4 Å². The molecule has 0 spiro atoms. The van der Waals surface area contributed by atoms with Gasteiger partial charge in [0.15, 0.2) is 6.61 Å². The van der Waals surface area contributed by atoms with Crippen molar-refractivity contribution >= 4 is 40.5 Å². The van der Waals surface area contributed by atoms with Gasteiger partial charge >= 0.3 is 5.97 Å². The van der Waals surface area contributed by atoms with Crippen LogP contribution in [-0.4, -0.2) is 23.6 Å². The molecule has 5 nitrogen and oxygen atoms in total. The van der Waals surface area contributed by atoms with E-state index < -0.39 is 12.6 Å². The van der Waals surface area contributed by atoms with Gasteiger partial charge in [-0.1, -0.05) is 11.6 Å². The molecule has 2 unspecified atom stereocenters. The SMILES string of the molecule is Cc1ccsc1C1CC1C(=O)Nc1ccc(OCC(=O)O)c(Cl)c1. The Balaban J connectivity index is 1.60. The zero-order chi connectivity index (χ0) is 17.3. The summed E-state index contributed by atoms with van der Waals surface area (Å²) in [6.07, 6.45) is 0.862. The molecule has 0 bridgehead atoms. The first-order valence-corrected chi connectivity index (χ1v) is 8.70. The van der Waals surface area contributed by atoms with Crippen LogP contribution in [0, 0.1) is 12.8 Å². The molecule has 3 rings (SSSR count). The van der Waals surface area contributed by atoms with Crippen LogP contribution in [0.3, 0.4) is 0 Å². The third-order valence-corrected chi connectivity index (χ3v) is 5.36. The average molecular weight is 366 g/mol. The molecule has 1 saturated carbocycles. The van der Waals surface area contributed by atoms with E-state index in [0.29, 0.717) is 11.6 Å². The Morgan fingerprint density at radius 2 is 2.21 bits per heavy atom. The van der Waals surface area contributed by atoms with Gasteiger partial charge in [0.25, 0.3) is 0 Å². The summed E-state index contributed by atoms with van der Waals surface area (Å²) in [6.45, 7) is 1.60. The topological polar surface area (TPSA) is 75.6 Å². The summed E-state index contributed by atoms with van der Waals surface area (Å²) in [5, 5.41) is 13.8. The number of hydrogen-bond acceptors (Lipinski definition) is 4. The highest BCUT2D eigenvalue weighted by Crippen LogP contribution is 2.50. The van der Waals surface area contributed by atoms with E-state index in [1.807, 2.05) is 5.38 Å². The first-order valence-electron chi connectivity index (χ1n) is 7.44. The normalized spacial score (nSPS) is 18.9. The number of carboxylic acids is 1. The number of thiophene rings is 1. The lowest BCUT2D eigenvalue weighted by molar-refractivity contribution is -0.139. The molecule has 2 atom stereocenters. The lowest BCUT2D eigenvalue weighted by atomic mass is 10.2. The molecule has 0 aliphatic heterocycles. The lowest BCUT2D eigenvalue weighted by Gasteiger charge is -2.09. The molecule has 0 saturated heterocycles. The summed E-state index contributed by atoms with van der Waals surface area (Å²) < 4.78 is 5.05. The van der Waals surface area contributed by atoms with Gasteiger partial charge in [0, 0.05) is 22.4 Å². The number of carboxylic acid groups (broad SMARTS) is 1. The van der Waals surface area contributed by atoms with Crippen molar-refractivity contribution in [3.8, 4) is 5.75 Å². The Morgan fingerprint density at radius 3 is 2.83 bits per heavy atom. The number of benzene rings is 1. The van der Waals surface area contributed by atoms with Gasteiger partial charge in [-0.05, 0) is 48.6 Å². The number of ether oxygens (including phenoxy) is 1. The fraction of sp³-hybridized carbons (Fsp3) is 0.294. The summed E-state index contributed by atoms with van der Waals surface area (Å²) in [4.78, 5) is 24.1. The number of amides is 1. The molecule has 0 radical (unpaired) electrons. The van der Waals surface area contributed by atoms with Crippen LogP contribution in [0.25, 0.3) is 0 Å². The van der Waals surface area contributed by atoms with Gasteiger partial charge in [-0.3, -0.25) is 4.79 Å². The maximum Gasteiger partial charge on any atom is 0.341 e. The summed E-state index contributed by atoms with van der Waals surface area (Å²) in [5.74, 6) is -0.534. The van der Waals surface area contributed by atoms with Crippen molar-refractivity contribution in [1.29, 1.82) is 0 Å². The van der Waals surface area contributed by atoms with Gasteiger partial charge in [-0.25, -0.2) is 4.79 Å². The van der Waals surface area contributed by atoms with Crippen LogP contribution >= 0.6 is 22.9 Å². The van der Waals surface area contributed by atoms with Crippen LogP contribution in [0.4, 0.5) is 5.69 Å². The summed E-state index contributed by atoms with van der Waals surface area (Å²) in [7, 11) is 0. The second kappa shape index (κ2) is 6.83. The lowest BCUT2D eigenvalue weighted by Crippen LogP contribution is -2.14. The van der Waals surface area contributed by atoms with Gasteiger partial charge in [0.1, 0.15) is 5.75 Å². The molecule has 1 fully saturated rings. The van der Waals surface area contributed by atoms with Gasteiger partial charge in [-0.15, -0.1) is 11.3 Å². The Labute approximate surface area is 148 Å². The monoisotopic (exact) mass is 365 g/mol. The fourth-order valence-corrected chi connectivity index (χ4v) is 3.95. The summed E-state index contributed by atoms with van der Waals surface area (Å²) in [5.41, 5.74) is 1.81. The van der Waals surface area contributed by atoms with Crippen molar-refractivity contribution in [3.05, 3.63) is 45.1 Å². The van der Waals surface area contributed by atoms with Gasteiger partial charge in [-0.2, -0.15) is 0 Å². The summed E-state index contributed by atoms with van der Waals surface area (Å²) >= 11 is 7.75. The molecular weight excluding hydrogens is 350 g/mol. The van der Waals surface area contributed by atoms with E-state index in [4.69, 9.17) is 21.4 Å². The quantitative estimate of drug-likeness (QED) is 0.813. The molecule has 2 N–H and O–H groups in total. The standard InChI is InChI=1S/C17H16ClNO4S/c1-9-4-5-24-16(9)11-7-12(11)17(22)19-10-2-3-14(13(18)6-10)23-8-15(20)21/h2-6,11-12H,7-8H2,1H3,(H,19,22)(H,20,21). The maximum atomic E-state index is 12.3. The predicted molar refractivity (Wildman–Crippen MR) is 93.1 cm³/mol. The van der Waals surface area contributed by atoms with E-state index in [0.717, 1.165) is 6.42 Å². The largest absolute Gasteiger partial charge is 0.480 e. The van der Waals surface area contributed by atoms with Gasteiger partial charge in [0.2, 0.25) is 5.91 Å². The van der Waals surface area contributed by atoms with Crippen LogP contribution in [-0.2, 0) is 9.59 Å². The van der Waals surface area contributed by atoms with Crippen molar-refractivity contribution in [3.63, 3.8) is 0 Å². The molecule has 1 heterocycles. The zero-order valence-electron chi connectivity index (χ0n) is 12.9. The second-order valence-electron chi connectivity index (χ2n) is 5.73. The van der Waals surface area contributed by atoms with E-state index >= 15 is 0 Å². The van der Waals surface area contributed by atoms with Crippen LogP contribution in [0.5, 0.6) is 5.75 Å². The number of rotatable bonds is 6. The number of carbonyl (C=O) groups excluding carboxylic acids is 1. The number of carbonyl (C=O) groups is 2. The first-order chi connectivity index (χ1) is 11.5. The Hall–Kier alpha value is -2.05. The zero-order valence-corrected chi connectivity index (χ0v) is 14.5. The third-order valence-electron chi connectivity index (χ3n) is 3.92. The molecule has 1 aromatic carbocycles. The molecule has 1 aliphatic carbocycles. The minimum absolute atomic E-state index is 0.0101. The Bertz CT molecular complexity index is 789. The number of anilines is 1. The second-order valence-corrected chi connectivity index (χ2v) is 7.09. The van der Waals surface area contributed by atoms with Crippen LogP contribution in [0.1, 0.15) is 22.8 Å². The van der Waals surface area contributed by atoms with Crippen LogP contribution < -0.4 is 10.1 Å². The average Bonchev–Trinajstić information content (AvgIpc) is 3.21. The van der Waals surface area contributed by atoms with Gasteiger partial charge in [0.05, 0.1) is 5.02 Å². The van der Waals surface area contributed by atoms with Crippen molar-refractivity contribution in [2.24, 2.45) is 5.92 Å². The van der Waals surface area contributed by atoms with Crippen molar-refractivity contribution in [1.82, 2.24) is 0 Å². The molecule has 1 aromatic heterocycles. The van der Waals surface area contributed by atoms with Crippen molar-refractivity contribution < 1.29 is 19.4 Å². The molecule has 2 aromatic rings. The molecule has 1 amide bonds. The van der Waals surface area contributed by atoms with Crippen molar-refractivity contribution in [2.75, 3.05) is 11.9 Å². The number of aryl methyl sites for hydroxylation is 1. The van der Waals surface area contributed by atoms with Crippen LogP contribution in [0.15, 0.2) is 29.6 Å². The molecule has 1 aliphatic rings. The number of aliphatic carboxylic acids is 1. The van der Waals surface area contributed by atoms with E-state index in [-0.39, 0.29) is 22.6 Å². The number of nitrogens with one attached hydrogen (secondary N) is 1. The highest BCUT2D eigenvalue weighted by Gasteiger charge is 2.45. The molecule has 126 valence electrons. The van der Waals surface area contributed by atoms with E-state index in [2.05, 4.69) is 18.3 Å². The minimum atomic E-state index is -1.08. The van der Waals surface area contributed by atoms with Gasteiger partial charge < -0.3 is 15.2 Å². The number of halogens is 1. The maximum absolute atomic E-state index is 12.3. The molecule has 7 heteroatoms. The van der Waals surface area contributed by atoms with E-state index in [9.17, 15) is 9.59 Å². The fourth-order valence-electron chi connectivity index (χ4n) is 2.61. The smallest absolute Gasteiger partial charge is 0.341 e. The predicted octanol–water partition coefficient (Wildman–Crippen LogP) is 3.92. The number of hydrogen-bond donors (Lipinski definition) is 2. The van der Waals surface area contributed by atoms with Crippen molar-refractivity contribution in [2.45, 2.75) is 19.3 Å². The van der Waals surface area contributed by atoms with E-state index in [1.54, 1.807) is 29.5 Å². The highest BCUT2D eigenvalue weighted by molar-refractivity contribution is 7.10. The highest BCUT2D eigenvalue weighted by atomic mass is 35.5. The summed E-state index contributed by atoms with van der Waals surface area (Å²) in [6, 6.07) is 6.83. The first kappa shape index (κ1) is 16.8. The van der Waals surface area contributed by atoms with Crippen LogP contribution in [0.2, 0.25) is 5.02 Å².